The maximum absolute atomic E-state index is 12.2. The Morgan fingerprint density at radius 3 is 2.78 bits per heavy atom. The number of rotatable bonds is 4. The summed E-state index contributed by atoms with van der Waals surface area (Å²) in [5, 5.41) is 0. The van der Waals surface area contributed by atoms with Crippen LogP contribution < -0.4 is 9.47 Å². The van der Waals surface area contributed by atoms with E-state index in [-0.39, 0.29) is 11.4 Å². The van der Waals surface area contributed by atoms with Gasteiger partial charge in [0.1, 0.15) is 17.1 Å². The van der Waals surface area contributed by atoms with Crippen LogP contribution in [0.15, 0.2) is 18.2 Å². The molecule has 0 saturated carbocycles. The van der Waals surface area contributed by atoms with Crippen LogP contribution in [0.2, 0.25) is 0 Å². The van der Waals surface area contributed by atoms with Crippen molar-refractivity contribution in [3.05, 3.63) is 23.8 Å². The first kappa shape index (κ1) is 12.9. The lowest BCUT2D eigenvalue weighted by Gasteiger charge is -2.37. The molecule has 1 unspecified atom stereocenters. The van der Waals surface area contributed by atoms with Crippen LogP contribution >= 0.6 is 0 Å². The van der Waals surface area contributed by atoms with Gasteiger partial charge in [-0.3, -0.25) is 4.79 Å². The van der Waals surface area contributed by atoms with Crippen molar-refractivity contribution < 1.29 is 14.3 Å². The van der Waals surface area contributed by atoms with E-state index in [0.29, 0.717) is 17.7 Å². The average Bonchev–Trinajstić information content (AvgIpc) is 2.38. The van der Waals surface area contributed by atoms with E-state index in [0.717, 1.165) is 25.0 Å². The van der Waals surface area contributed by atoms with Crippen LogP contribution in [-0.2, 0) is 0 Å². The fourth-order valence-electron chi connectivity index (χ4n) is 2.57. The van der Waals surface area contributed by atoms with Crippen molar-refractivity contribution >= 4 is 5.78 Å². The Balaban J connectivity index is 2.39. The quantitative estimate of drug-likeness (QED) is 0.816. The highest BCUT2D eigenvalue weighted by Gasteiger charge is 2.38. The third kappa shape index (κ3) is 2.22. The first-order valence-corrected chi connectivity index (χ1v) is 6.54. The molecule has 1 atom stereocenters. The largest absolute Gasteiger partial charge is 0.497 e. The lowest BCUT2D eigenvalue weighted by molar-refractivity contribution is 0.0309. The number of Topliss-reactive ketones (excluding diaryl/α,β-unsaturated/α-hetero) is 1. The van der Waals surface area contributed by atoms with Crippen molar-refractivity contribution in [2.45, 2.75) is 45.1 Å². The van der Waals surface area contributed by atoms with E-state index >= 15 is 0 Å². The van der Waals surface area contributed by atoms with Crippen molar-refractivity contribution in [2.75, 3.05) is 7.11 Å². The molecule has 0 amide bonds. The summed E-state index contributed by atoms with van der Waals surface area (Å²) in [7, 11) is 1.62. The molecule has 1 aromatic rings. The number of benzene rings is 1. The first-order valence-electron chi connectivity index (χ1n) is 6.54. The number of carbonyl (C=O) groups excluding carboxylic acids is 1. The minimum Gasteiger partial charge on any atom is -0.497 e. The van der Waals surface area contributed by atoms with Crippen LogP contribution in [0.4, 0.5) is 0 Å². The lowest BCUT2D eigenvalue weighted by Crippen LogP contribution is -2.41. The standard InChI is InChI=1S/C15H20O3/c1-4-8-15(5-2)10-13(16)12-7-6-11(17-3)9-14(12)18-15/h6-7,9H,4-5,8,10H2,1-3H3. The molecule has 1 aliphatic rings. The van der Waals surface area contributed by atoms with E-state index in [4.69, 9.17) is 9.47 Å². The fraction of sp³-hybridized carbons (Fsp3) is 0.533. The highest BCUT2D eigenvalue weighted by atomic mass is 16.5. The van der Waals surface area contributed by atoms with Gasteiger partial charge in [-0.15, -0.1) is 0 Å². The van der Waals surface area contributed by atoms with Crippen molar-refractivity contribution in [1.29, 1.82) is 0 Å². The molecule has 0 fully saturated rings. The van der Waals surface area contributed by atoms with Gasteiger partial charge in [0.2, 0.25) is 0 Å². The Bertz CT molecular complexity index is 453. The van der Waals surface area contributed by atoms with E-state index in [1.165, 1.54) is 0 Å². The zero-order valence-electron chi connectivity index (χ0n) is 11.3. The maximum atomic E-state index is 12.2. The normalized spacial score (nSPS) is 22.3. The zero-order valence-corrected chi connectivity index (χ0v) is 11.3. The van der Waals surface area contributed by atoms with Gasteiger partial charge in [-0.2, -0.15) is 0 Å². The van der Waals surface area contributed by atoms with Gasteiger partial charge in [0.15, 0.2) is 5.78 Å². The smallest absolute Gasteiger partial charge is 0.170 e. The van der Waals surface area contributed by atoms with Gasteiger partial charge in [-0.25, -0.2) is 0 Å². The van der Waals surface area contributed by atoms with Crippen molar-refractivity contribution in [3.63, 3.8) is 0 Å². The minimum absolute atomic E-state index is 0.175. The Hall–Kier alpha value is -1.51. The highest BCUT2D eigenvalue weighted by Crippen LogP contribution is 2.39. The second-order valence-corrected chi connectivity index (χ2v) is 4.85. The van der Waals surface area contributed by atoms with Gasteiger partial charge in [-0.1, -0.05) is 20.3 Å². The molecule has 3 heteroatoms. The average molecular weight is 248 g/mol. The molecule has 0 radical (unpaired) electrons. The summed E-state index contributed by atoms with van der Waals surface area (Å²) in [5.74, 6) is 1.57. The molecule has 0 saturated heterocycles. The summed E-state index contributed by atoms with van der Waals surface area (Å²) in [5.41, 5.74) is 0.349. The molecule has 0 aliphatic carbocycles. The van der Waals surface area contributed by atoms with Gasteiger partial charge in [0, 0.05) is 6.07 Å². The summed E-state index contributed by atoms with van der Waals surface area (Å²) in [4.78, 5) is 12.2. The topological polar surface area (TPSA) is 35.5 Å². The summed E-state index contributed by atoms with van der Waals surface area (Å²) in [6.45, 7) is 4.19. The lowest BCUT2D eigenvalue weighted by atomic mass is 9.84. The summed E-state index contributed by atoms with van der Waals surface area (Å²) in [6, 6.07) is 5.41. The third-order valence-electron chi connectivity index (χ3n) is 3.65. The molecule has 2 rings (SSSR count). The molecule has 1 heterocycles. The molecule has 0 bridgehead atoms. The maximum Gasteiger partial charge on any atom is 0.170 e. The molecule has 0 aromatic heterocycles. The number of fused-ring (bicyclic) bond motifs is 1. The van der Waals surface area contributed by atoms with Crippen molar-refractivity contribution in [2.24, 2.45) is 0 Å². The molecule has 98 valence electrons. The molecule has 0 N–H and O–H groups in total. The summed E-state index contributed by atoms with van der Waals surface area (Å²) in [6.07, 6.45) is 3.26. The molecular weight excluding hydrogens is 228 g/mol. The van der Waals surface area contributed by atoms with E-state index < -0.39 is 0 Å². The van der Waals surface area contributed by atoms with Crippen LogP contribution in [-0.4, -0.2) is 18.5 Å². The molecule has 0 spiro atoms. The second-order valence-electron chi connectivity index (χ2n) is 4.85. The van der Waals surface area contributed by atoms with Gasteiger partial charge in [-0.05, 0) is 25.0 Å². The second kappa shape index (κ2) is 5.01. The van der Waals surface area contributed by atoms with Gasteiger partial charge < -0.3 is 9.47 Å². The van der Waals surface area contributed by atoms with Crippen LogP contribution in [0.3, 0.4) is 0 Å². The van der Waals surface area contributed by atoms with Crippen molar-refractivity contribution in [3.8, 4) is 11.5 Å². The Kier molecular flexibility index (Phi) is 3.60. The minimum atomic E-state index is -0.328. The molecule has 3 nitrogen and oxygen atoms in total. The molecular formula is C15H20O3. The number of ketones is 1. The van der Waals surface area contributed by atoms with E-state index in [2.05, 4.69) is 13.8 Å². The predicted octanol–water partition coefficient (Wildman–Crippen LogP) is 3.61. The van der Waals surface area contributed by atoms with Gasteiger partial charge >= 0.3 is 0 Å². The summed E-state index contributed by atoms with van der Waals surface area (Å²) >= 11 is 0. The zero-order chi connectivity index (χ0) is 13.2. The number of hydrogen-bond acceptors (Lipinski definition) is 3. The van der Waals surface area contributed by atoms with Crippen LogP contribution in [0.5, 0.6) is 11.5 Å². The van der Waals surface area contributed by atoms with E-state index in [1.807, 2.05) is 6.07 Å². The third-order valence-corrected chi connectivity index (χ3v) is 3.65. The Morgan fingerprint density at radius 1 is 1.39 bits per heavy atom. The Morgan fingerprint density at radius 2 is 2.17 bits per heavy atom. The fourth-order valence-corrected chi connectivity index (χ4v) is 2.57. The van der Waals surface area contributed by atoms with E-state index in [1.54, 1.807) is 19.2 Å². The Labute approximate surface area is 108 Å². The SMILES string of the molecule is CCCC1(CC)CC(=O)c2ccc(OC)cc2O1. The number of carbonyl (C=O) groups is 1. The summed E-state index contributed by atoms with van der Waals surface area (Å²) < 4.78 is 11.3. The monoisotopic (exact) mass is 248 g/mol. The van der Waals surface area contributed by atoms with Crippen LogP contribution in [0.1, 0.15) is 49.9 Å². The number of hydrogen-bond donors (Lipinski definition) is 0. The molecule has 1 aromatic carbocycles. The van der Waals surface area contributed by atoms with Crippen LogP contribution in [0, 0.1) is 0 Å². The number of methoxy groups -OCH3 is 1. The predicted molar refractivity (Wildman–Crippen MR) is 70.5 cm³/mol. The molecule has 1 aliphatic heterocycles. The van der Waals surface area contributed by atoms with E-state index in [9.17, 15) is 4.79 Å². The first-order chi connectivity index (χ1) is 8.64. The molecule has 18 heavy (non-hydrogen) atoms. The number of ether oxygens (including phenoxy) is 2. The van der Waals surface area contributed by atoms with Crippen LogP contribution in [0.25, 0.3) is 0 Å². The van der Waals surface area contributed by atoms with Gasteiger partial charge in [0.25, 0.3) is 0 Å². The van der Waals surface area contributed by atoms with Gasteiger partial charge in [0.05, 0.1) is 19.1 Å². The van der Waals surface area contributed by atoms with Crippen molar-refractivity contribution in [1.82, 2.24) is 0 Å². The highest BCUT2D eigenvalue weighted by molar-refractivity contribution is 6.00.